The molecule has 0 aliphatic carbocycles. The summed E-state index contributed by atoms with van der Waals surface area (Å²) in [7, 11) is 0. The zero-order valence-corrected chi connectivity index (χ0v) is 12.5. The average Bonchev–Trinajstić information content (AvgIpc) is 2.73. The first-order valence-corrected chi connectivity index (χ1v) is 7.78. The summed E-state index contributed by atoms with van der Waals surface area (Å²) in [4.78, 5) is 4.49. The van der Waals surface area contributed by atoms with Crippen LogP contribution in [0.1, 0.15) is 25.0 Å². The van der Waals surface area contributed by atoms with E-state index in [1.54, 1.807) is 0 Å². The highest BCUT2D eigenvalue weighted by molar-refractivity contribution is 7.23. The fourth-order valence-electron chi connectivity index (χ4n) is 2.06. The van der Waals surface area contributed by atoms with Gasteiger partial charge in [-0.3, -0.25) is 0 Å². The molecule has 0 saturated carbocycles. The number of nitrogens with zero attached hydrogens (tertiary/aromatic N) is 1. The van der Waals surface area contributed by atoms with Crippen LogP contribution in [0.15, 0.2) is 12.1 Å². The van der Waals surface area contributed by atoms with Gasteiger partial charge in [-0.1, -0.05) is 23.2 Å². The van der Waals surface area contributed by atoms with E-state index in [-0.39, 0.29) is 6.29 Å². The number of rotatable bonds is 3. The Bertz CT molecular complexity index is 581. The summed E-state index contributed by atoms with van der Waals surface area (Å²) in [6.45, 7) is 1.22. The molecule has 0 N–H and O–H groups in total. The Kier molecular flexibility index (Phi) is 4.24. The standard InChI is InChI=1S/C13H13Cl2NO2S/c14-11-12-9(19-13(11)15)5-4-8(16-12)7-18-10-3-1-2-6-17-10/h4-5,10H,1-3,6-7H2. The van der Waals surface area contributed by atoms with E-state index in [9.17, 15) is 0 Å². The Hall–Kier alpha value is -0.390. The molecule has 3 nitrogen and oxygen atoms in total. The fraction of sp³-hybridized carbons (Fsp3) is 0.462. The minimum absolute atomic E-state index is 0.104. The van der Waals surface area contributed by atoms with Crippen LogP contribution in [0, 0.1) is 0 Å². The molecule has 0 aromatic carbocycles. The molecule has 102 valence electrons. The third kappa shape index (κ3) is 3.03. The van der Waals surface area contributed by atoms with E-state index in [0.717, 1.165) is 41.8 Å². The predicted octanol–water partition coefficient (Wildman–Crippen LogP) is 4.65. The Morgan fingerprint density at radius 2 is 2.26 bits per heavy atom. The second-order valence-corrected chi connectivity index (χ2v) is 6.48. The number of ether oxygens (including phenoxy) is 2. The van der Waals surface area contributed by atoms with Crippen LogP contribution in [-0.4, -0.2) is 17.9 Å². The van der Waals surface area contributed by atoms with Crippen molar-refractivity contribution in [1.82, 2.24) is 4.98 Å². The molecule has 0 spiro atoms. The van der Waals surface area contributed by atoms with Crippen molar-refractivity contribution in [2.75, 3.05) is 6.61 Å². The van der Waals surface area contributed by atoms with E-state index in [1.807, 2.05) is 12.1 Å². The molecular weight excluding hydrogens is 305 g/mol. The van der Waals surface area contributed by atoms with E-state index in [2.05, 4.69) is 4.98 Å². The third-order valence-electron chi connectivity index (χ3n) is 3.05. The molecule has 1 saturated heterocycles. The van der Waals surface area contributed by atoms with Crippen LogP contribution in [0.5, 0.6) is 0 Å². The molecule has 0 amide bonds. The molecule has 3 rings (SSSR count). The molecule has 6 heteroatoms. The molecule has 19 heavy (non-hydrogen) atoms. The first-order valence-electron chi connectivity index (χ1n) is 6.20. The first kappa shape index (κ1) is 13.6. The van der Waals surface area contributed by atoms with E-state index < -0.39 is 0 Å². The van der Waals surface area contributed by atoms with Gasteiger partial charge in [0.1, 0.15) is 9.85 Å². The Balaban J connectivity index is 1.72. The van der Waals surface area contributed by atoms with Crippen LogP contribution in [0.25, 0.3) is 10.2 Å². The quantitative estimate of drug-likeness (QED) is 0.826. The highest BCUT2D eigenvalue weighted by Gasteiger charge is 2.15. The SMILES string of the molecule is Clc1sc2ccc(COC3CCCCO3)nc2c1Cl. The zero-order chi connectivity index (χ0) is 13.2. The van der Waals surface area contributed by atoms with Crippen molar-refractivity contribution in [1.29, 1.82) is 0 Å². The third-order valence-corrected chi connectivity index (χ3v) is 4.98. The highest BCUT2D eigenvalue weighted by atomic mass is 35.5. The van der Waals surface area contributed by atoms with Crippen molar-refractivity contribution in [2.24, 2.45) is 0 Å². The Morgan fingerprint density at radius 1 is 1.37 bits per heavy atom. The van der Waals surface area contributed by atoms with Crippen LogP contribution in [0.3, 0.4) is 0 Å². The van der Waals surface area contributed by atoms with Crippen molar-refractivity contribution in [2.45, 2.75) is 32.2 Å². The van der Waals surface area contributed by atoms with Gasteiger partial charge in [-0.2, -0.15) is 0 Å². The van der Waals surface area contributed by atoms with Gasteiger partial charge in [0.05, 0.1) is 22.0 Å². The number of fused-ring (bicyclic) bond motifs is 1. The van der Waals surface area contributed by atoms with Gasteiger partial charge in [0.2, 0.25) is 0 Å². The molecule has 0 radical (unpaired) electrons. The Labute approximate surface area is 125 Å². The summed E-state index contributed by atoms with van der Waals surface area (Å²) in [5.74, 6) is 0. The smallest absolute Gasteiger partial charge is 0.158 e. The van der Waals surface area contributed by atoms with Gasteiger partial charge >= 0.3 is 0 Å². The maximum absolute atomic E-state index is 6.11. The van der Waals surface area contributed by atoms with Crippen LogP contribution in [-0.2, 0) is 16.1 Å². The second kappa shape index (κ2) is 5.94. The highest BCUT2D eigenvalue weighted by Crippen LogP contribution is 2.37. The van der Waals surface area contributed by atoms with Gasteiger partial charge in [0, 0.05) is 6.61 Å². The molecular formula is C13H13Cl2NO2S. The summed E-state index contributed by atoms with van der Waals surface area (Å²) in [6, 6.07) is 3.92. The van der Waals surface area contributed by atoms with Gasteiger partial charge < -0.3 is 9.47 Å². The van der Waals surface area contributed by atoms with Crippen molar-refractivity contribution in [3.8, 4) is 0 Å². The number of hydrogen-bond acceptors (Lipinski definition) is 4. The lowest BCUT2D eigenvalue weighted by molar-refractivity contribution is -0.169. The van der Waals surface area contributed by atoms with Crippen molar-refractivity contribution >= 4 is 44.8 Å². The minimum atomic E-state index is -0.104. The van der Waals surface area contributed by atoms with E-state index in [4.69, 9.17) is 32.7 Å². The molecule has 1 aliphatic rings. The number of thiophene rings is 1. The number of pyridine rings is 1. The van der Waals surface area contributed by atoms with Gasteiger partial charge in [0.15, 0.2) is 6.29 Å². The first-order chi connectivity index (χ1) is 9.24. The molecule has 1 aliphatic heterocycles. The van der Waals surface area contributed by atoms with Gasteiger partial charge in [-0.15, -0.1) is 11.3 Å². The number of aromatic nitrogens is 1. The second-order valence-electron chi connectivity index (χ2n) is 4.45. The maximum atomic E-state index is 6.11. The van der Waals surface area contributed by atoms with E-state index in [0.29, 0.717) is 16.0 Å². The molecule has 1 atom stereocenters. The minimum Gasteiger partial charge on any atom is -0.353 e. The lowest BCUT2D eigenvalue weighted by Crippen LogP contribution is -2.22. The summed E-state index contributed by atoms with van der Waals surface area (Å²) in [5.41, 5.74) is 1.60. The fourth-order valence-corrected chi connectivity index (χ4v) is 3.48. The summed E-state index contributed by atoms with van der Waals surface area (Å²) >= 11 is 13.6. The van der Waals surface area contributed by atoms with E-state index >= 15 is 0 Å². The lowest BCUT2D eigenvalue weighted by atomic mass is 10.2. The average molecular weight is 318 g/mol. The van der Waals surface area contributed by atoms with Gasteiger partial charge in [0.25, 0.3) is 0 Å². The zero-order valence-electron chi connectivity index (χ0n) is 10.2. The number of halogens is 2. The largest absolute Gasteiger partial charge is 0.353 e. The lowest BCUT2D eigenvalue weighted by Gasteiger charge is -2.22. The van der Waals surface area contributed by atoms with Crippen molar-refractivity contribution in [3.05, 3.63) is 27.2 Å². The molecule has 1 unspecified atom stereocenters. The molecule has 3 heterocycles. The summed E-state index contributed by atoms with van der Waals surface area (Å²) < 4.78 is 12.8. The van der Waals surface area contributed by atoms with Crippen LogP contribution in [0.4, 0.5) is 0 Å². The van der Waals surface area contributed by atoms with Crippen molar-refractivity contribution in [3.63, 3.8) is 0 Å². The Morgan fingerprint density at radius 3 is 3.05 bits per heavy atom. The molecule has 2 aromatic heterocycles. The normalized spacial score (nSPS) is 20.0. The number of hydrogen-bond donors (Lipinski definition) is 0. The van der Waals surface area contributed by atoms with E-state index in [1.165, 1.54) is 11.3 Å². The molecule has 1 fully saturated rings. The molecule has 2 aromatic rings. The molecule has 0 bridgehead atoms. The maximum Gasteiger partial charge on any atom is 0.158 e. The topological polar surface area (TPSA) is 31.4 Å². The van der Waals surface area contributed by atoms with Crippen LogP contribution < -0.4 is 0 Å². The van der Waals surface area contributed by atoms with Crippen molar-refractivity contribution < 1.29 is 9.47 Å². The van der Waals surface area contributed by atoms with Gasteiger partial charge in [-0.05, 0) is 31.4 Å². The predicted molar refractivity (Wildman–Crippen MR) is 78.0 cm³/mol. The summed E-state index contributed by atoms with van der Waals surface area (Å²) in [5, 5.41) is 0.525. The van der Waals surface area contributed by atoms with Crippen LogP contribution >= 0.6 is 34.5 Å². The van der Waals surface area contributed by atoms with Crippen LogP contribution in [0.2, 0.25) is 9.36 Å². The monoisotopic (exact) mass is 317 g/mol. The van der Waals surface area contributed by atoms with Gasteiger partial charge in [-0.25, -0.2) is 4.98 Å². The summed E-state index contributed by atoms with van der Waals surface area (Å²) in [6.07, 6.45) is 3.12.